The fraction of sp³-hybridized carbons (Fsp3) is 0.455. The molecular formula is C33H45N3O3S. The van der Waals surface area contributed by atoms with Crippen LogP contribution in [-0.4, -0.2) is 81.5 Å². The summed E-state index contributed by atoms with van der Waals surface area (Å²) in [5, 5.41) is 9.75. The Bertz CT molecular complexity index is 1320. The molecule has 2 aromatic rings. The molecule has 1 aliphatic carbocycles. The van der Waals surface area contributed by atoms with Crippen molar-refractivity contribution in [2.24, 2.45) is 5.92 Å². The molecule has 4 rings (SSSR count). The van der Waals surface area contributed by atoms with Crippen LogP contribution in [-0.2, 0) is 10.0 Å². The van der Waals surface area contributed by atoms with E-state index in [9.17, 15) is 13.5 Å². The molecule has 0 bridgehead atoms. The van der Waals surface area contributed by atoms with E-state index in [1.165, 1.54) is 21.7 Å². The molecule has 40 heavy (non-hydrogen) atoms. The summed E-state index contributed by atoms with van der Waals surface area (Å²) in [5.74, 6) is 0.339. The van der Waals surface area contributed by atoms with E-state index >= 15 is 0 Å². The second-order valence-electron chi connectivity index (χ2n) is 11.3. The Balaban J connectivity index is 1.73. The number of hydrogen-bond donors (Lipinski definition) is 1. The van der Waals surface area contributed by atoms with Gasteiger partial charge in [-0.25, -0.2) is 8.42 Å². The number of allylic oxidation sites excluding steroid dienone is 4. The van der Waals surface area contributed by atoms with Gasteiger partial charge in [0.1, 0.15) is 0 Å². The number of rotatable bonds is 10. The zero-order valence-electron chi connectivity index (χ0n) is 24.6. The van der Waals surface area contributed by atoms with Gasteiger partial charge in [0.15, 0.2) is 0 Å². The predicted octanol–water partition coefficient (Wildman–Crippen LogP) is 5.29. The van der Waals surface area contributed by atoms with E-state index in [4.69, 9.17) is 0 Å². The number of aliphatic hydroxyl groups excluding tert-OH is 1. The lowest BCUT2D eigenvalue weighted by Crippen LogP contribution is -2.53. The maximum absolute atomic E-state index is 12.1. The van der Waals surface area contributed by atoms with Crippen LogP contribution in [0.2, 0.25) is 0 Å². The third-order valence-electron chi connectivity index (χ3n) is 8.27. The van der Waals surface area contributed by atoms with E-state index < -0.39 is 10.0 Å². The number of piperazine rings is 1. The molecule has 1 aliphatic heterocycles. The molecule has 216 valence electrons. The quantitative estimate of drug-likeness (QED) is 0.398. The van der Waals surface area contributed by atoms with Gasteiger partial charge in [-0.15, -0.1) is 0 Å². The van der Waals surface area contributed by atoms with Gasteiger partial charge in [0.25, 0.3) is 0 Å². The largest absolute Gasteiger partial charge is 0.396 e. The average Bonchev–Trinajstić information content (AvgIpc) is 2.95. The molecule has 0 aromatic heterocycles. The molecule has 2 aliphatic rings. The molecule has 1 fully saturated rings. The Morgan fingerprint density at radius 1 is 1.00 bits per heavy atom. The highest BCUT2D eigenvalue weighted by Gasteiger charge is 2.29. The van der Waals surface area contributed by atoms with Gasteiger partial charge < -0.3 is 5.11 Å². The molecule has 6 nitrogen and oxygen atoms in total. The van der Waals surface area contributed by atoms with Crippen molar-refractivity contribution in [2.75, 3.05) is 50.4 Å². The number of sulfonamides is 1. The standard InChI is InChI=1S/C33H45N3O3S/c1-25(2)35-19-21-36(22-20-35)32-18-15-29(24-26(32)3)33(31(12-9-23-37)27-10-7-6-8-11-27)28-13-16-30(17-14-28)34(4)40(5,38)39/h6-8,10-11,13-18,24-26,32,37H,9,12,19-23H2,1-5H3/b33-31-. The van der Waals surface area contributed by atoms with Crippen LogP contribution in [0.3, 0.4) is 0 Å². The Morgan fingerprint density at radius 3 is 2.20 bits per heavy atom. The molecule has 2 atom stereocenters. The van der Waals surface area contributed by atoms with Gasteiger partial charge in [-0.3, -0.25) is 14.1 Å². The van der Waals surface area contributed by atoms with Gasteiger partial charge in [-0.2, -0.15) is 0 Å². The summed E-state index contributed by atoms with van der Waals surface area (Å²) in [6.07, 6.45) is 9.65. The van der Waals surface area contributed by atoms with Crippen LogP contribution in [0.4, 0.5) is 5.69 Å². The van der Waals surface area contributed by atoms with Gasteiger partial charge in [0, 0.05) is 51.9 Å². The second-order valence-corrected chi connectivity index (χ2v) is 13.3. The lowest BCUT2D eigenvalue weighted by atomic mass is 9.82. The monoisotopic (exact) mass is 563 g/mol. The highest BCUT2D eigenvalue weighted by atomic mass is 32.2. The Labute approximate surface area is 241 Å². The van der Waals surface area contributed by atoms with Crippen molar-refractivity contribution in [1.82, 2.24) is 9.80 Å². The van der Waals surface area contributed by atoms with E-state index in [1.807, 2.05) is 30.3 Å². The first-order valence-electron chi connectivity index (χ1n) is 14.4. The van der Waals surface area contributed by atoms with E-state index in [-0.39, 0.29) is 6.61 Å². The summed E-state index contributed by atoms with van der Waals surface area (Å²) in [6.45, 7) is 11.3. The van der Waals surface area contributed by atoms with E-state index in [1.54, 1.807) is 7.05 Å². The van der Waals surface area contributed by atoms with E-state index in [0.29, 0.717) is 30.1 Å². The maximum atomic E-state index is 12.1. The normalized spacial score (nSPS) is 21.3. The van der Waals surface area contributed by atoms with Gasteiger partial charge in [0.2, 0.25) is 10.0 Å². The van der Waals surface area contributed by atoms with Crippen LogP contribution in [0, 0.1) is 5.92 Å². The summed E-state index contributed by atoms with van der Waals surface area (Å²) >= 11 is 0. The second kappa shape index (κ2) is 13.3. The molecule has 1 N–H and O–H groups in total. The zero-order valence-corrected chi connectivity index (χ0v) is 25.4. The van der Waals surface area contributed by atoms with Gasteiger partial charge in [0.05, 0.1) is 11.9 Å². The summed E-state index contributed by atoms with van der Waals surface area (Å²) in [7, 11) is -1.77. The lowest BCUT2D eigenvalue weighted by molar-refractivity contribution is 0.0812. The zero-order chi connectivity index (χ0) is 28.9. The maximum Gasteiger partial charge on any atom is 0.231 e. The van der Waals surface area contributed by atoms with Crippen molar-refractivity contribution in [1.29, 1.82) is 0 Å². The van der Waals surface area contributed by atoms with Crippen LogP contribution in [0.15, 0.2) is 78.4 Å². The van der Waals surface area contributed by atoms with Crippen LogP contribution < -0.4 is 4.31 Å². The van der Waals surface area contributed by atoms with E-state index in [2.05, 4.69) is 73.1 Å². The van der Waals surface area contributed by atoms with Crippen molar-refractivity contribution in [2.45, 2.75) is 45.7 Å². The summed E-state index contributed by atoms with van der Waals surface area (Å²) in [5.41, 5.74) is 6.30. The Morgan fingerprint density at radius 2 is 1.65 bits per heavy atom. The van der Waals surface area contributed by atoms with Crippen molar-refractivity contribution >= 4 is 26.9 Å². The molecule has 7 heteroatoms. The predicted molar refractivity (Wildman–Crippen MR) is 168 cm³/mol. The van der Waals surface area contributed by atoms with Crippen LogP contribution in [0.5, 0.6) is 0 Å². The van der Waals surface area contributed by atoms with Crippen molar-refractivity contribution in [3.63, 3.8) is 0 Å². The minimum atomic E-state index is -3.35. The van der Waals surface area contributed by atoms with Crippen LogP contribution in [0.25, 0.3) is 11.1 Å². The Kier molecular flexibility index (Phi) is 10.1. The van der Waals surface area contributed by atoms with Gasteiger partial charge in [-0.1, -0.05) is 67.6 Å². The molecule has 1 heterocycles. The molecule has 2 aromatic carbocycles. The summed E-state index contributed by atoms with van der Waals surface area (Å²) in [6, 6.07) is 19.1. The first kappa shape index (κ1) is 30.3. The smallest absolute Gasteiger partial charge is 0.231 e. The van der Waals surface area contributed by atoms with Crippen molar-refractivity contribution in [3.05, 3.63) is 89.5 Å². The molecule has 0 spiro atoms. The first-order chi connectivity index (χ1) is 19.1. The third kappa shape index (κ3) is 7.13. The highest BCUT2D eigenvalue weighted by Crippen LogP contribution is 2.39. The van der Waals surface area contributed by atoms with Gasteiger partial charge >= 0.3 is 0 Å². The number of hydrogen-bond acceptors (Lipinski definition) is 5. The summed E-state index contributed by atoms with van der Waals surface area (Å²) < 4.78 is 25.6. The molecule has 0 amide bonds. The average molecular weight is 564 g/mol. The number of anilines is 1. The van der Waals surface area contributed by atoms with Crippen molar-refractivity contribution < 1.29 is 13.5 Å². The Hall–Kier alpha value is -2.71. The number of nitrogens with zero attached hydrogens (tertiary/aromatic N) is 3. The SMILES string of the molecule is CC1C=C(/C(=C(/CCCO)c2ccccc2)c2ccc(N(C)S(C)(=O)=O)cc2)C=CC1N1CCN(C(C)C)CC1. The molecular weight excluding hydrogens is 518 g/mol. The van der Waals surface area contributed by atoms with Gasteiger partial charge in [-0.05, 0) is 72.6 Å². The molecule has 0 saturated carbocycles. The third-order valence-corrected chi connectivity index (χ3v) is 9.48. The van der Waals surface area contributed by atoms with Crippen LogP contribution in [0.1, 0.15) is 44.7 Å². The number of benzene rings is 2. The topological polar surface area (TPSA) is 64.1 Å². The van der Waals surface area contributed by atoms with E-state index in [0.717, 1.165) is 49.3 Å². The molecule has 2 unspecified atom stereocenters. The molecule has 0 radical (unpaired) electrons. The molecule has 1 saturated heterocycles. The number of aliphatic hydroxyl groups is 1. The summed E-state index contributed by atoms with van der Waals surface area (Å²) in [4.78, 5) is 5.16. The lowest BCUT2D eigenvalue weighted by Gasteiger charge is -2.42. The van der Waals surface area contributed by atoms with Crippen molar-refractivity contribution in [3.8, 4) is 0 Å². The van der Waals surface area contributed by atoms with Crippen LogP contribution >= 0.6 is 0 Å². The minimum Gasteiger partial charge on any atom is -0.396 e. The fourth-order valence-corrected chi connectivity index (χ4v) is 6.35. The minimum absolute atomic E-state index is 0.122. The fourth-order valence-electron chi connectivity index (χ4n) is 5.84. The highest BCUT2D eigenvalue weighted by molar-refractivity contribution is 7.92. The first-order valence-corrected chi connectivity index (χ1v) is 16.3.